The highest BCUT2D eigenvalue weighted by molar-refractivity contribution is 7.09. The maximum Gasteiger partial charge on any atom is 0.222 e. The van der Waals surface area contributed by atoms with Gasteiger partial charge < -0.3 is 11.1 Å². The van der Waals surface area contributed by atoms with E-state index in [9.17, 15) is 4.79 Å². The fourth-order valence-corrected chi connectivity index (χ4v) is 2.19. The first-order valence-electron chi connectivity index (χ1n) is 5.87. The number of nitrogens with one attached hydrogen (secondary N) is 1. The predicted molar refractivity (Wildman–Crippen MR) is 70.8 cm³/mol. The number of carbonyl (C=O) groups excluding carboxylic acids is 1. The number of aromatic nitrogens is 1. The smallest absolute Gasteiger partial charge is 0.222 e. The molecule has 96 valence electrons. The van der Waals surface area contributed by atoms with Crippen molar-refractivity contribution >= 4 is 17.2 Å². The molecule has 4 nitrogen and oxygen atoms in total. The second kappa shape index (κ2) is 6.12. The number of hydrogen-bond acceptors (Lipinski definition) is 4. The maximum atomic E-state index is 11.7. The van der Waals surface area contributed by atoms with Crippen LogP contribution in [0.3, 0.4) is 0 Å². The molecule has 3 N–H and O–H groups in total. The molecule has 17 heavy (non-hydrogen) atoms. The zero-order chi connectivity index (χ0) is 13.0. The van der Waals surface area contributed by atoms with E-state index >= 15 is 0 Å². The fraction of sp³-hybridized carbons (Fsp3) is 0.667. The second-order valence-electron chi connectivity index (χ2n) is 4.73. The normalized spacial score (nSPS) is 14.7. The van der Waals surface area contributed by atoms with Gasteiger partial charge in [-0.2, -0.15) is 0 Å². The van der Waals surface area contributed by atoms with Gasteiger partial charge in [0.15, 0.2) is 0 Å². The van der Waals surface area contributed by atoms with Gasteiger partial charge in [-0.3, -0.25) is 4.79 Å². The van der Waals surface area contributed by atoms with Crippen molar-refractivity contribution in [3.63, 3.8) is 0 Å². The molecule has 0 fully saturated rings. The first kappa shape index (κ1) is 14.1. The van der Waals surface area contributed by atoms with E-state index in [1.807, 2.05) is 33.1 Å². The van der Waals surface area contributed by atoms with Gasteiger partial charge in [0.2, 0.25) is 5.91 Å². The topological polar surface area (TPSA) is 68.0 Å². The molecule has 1 heterocycles. The standard InChI is InChI=1S/C12H21N3OS/c1-7(2)10(13)5-11(16)15-9(4)12-14-8(3)6-17-12/h6-7,9-10H,5,13H2,1-4H3,(H,15,16). The second-order valence-corrected chi connectivity index (χ2v) is 5.62. The van der Waals surface area contributed by atoms with Crippen molar-refractivity contribution in [2.45, 2.75) is 46.2 Å². The number of aryl methyl sites for hydroxylation is 1. The summed E-state index contributed by atoms with van der Waals surface area (Å²) in [5.41, 5.74) is 6.85. The summed E-state index contributed by atoms with van der Waals surface area (Å²) in [4.78, 5) is 16.1. The molecule has 1 aromatic rings. The summed E-state index contributed by atoms with van der Waals surface area (Å²) in [5, 5.41) is 5.85. The van der Waals surface area contributed by atoms with Gasteiger partial charge in [-0.15, -0.1) is 11.3 Å². The van der Waals surface area contributed by atoms with Crippen LogP contribution in [-0.4, -0.2) is 16.9 Å². The molecule has 0 radical (unpaired) electrons. The Balaban J connectivity index is 2.46. The minimum absolute atomic E-state index is 0.00782. The minimum Gasteiger partial charge on any atom is -0.347 e. The van der Waals surface area contributed by atoms with Gasteiger partial charge in [-0.25, -0.2) is 4.98 Å². The molecule has 0 saturated heterocycles. The van der Waals surface area contributed by atoms with E-state index in [1.54, 1.807) is 11.3 Å². The van der Waals surface area contributed by atoms with Crippen molar-refractivity contribution in [1.29, 1.82) is 0 Å². The van der Waals surface area contributed by atoms with Crippen molar-refractivity contribution in [2.75, 3.05) is 0 Å². The van der Waals surface area contributed by atoms with Crippen molar-refractivity contribution in [2.24, 2.45) is 11.7 Å². The molecule has 0 aliphatic rings. The van der Waals surface area contributed by atoms with E-state index < -0.39 is 0 Å². The highest BCUT2D eigenvalue weighted by atomic mass is 32.1. The van der Waals surface area contributed by atoms with Crippen LogP contribution in [0.25, 0.3) is 0 Å². The number of nitrogens with zero attached hydrogens (tertiary/aromatic N) is 1. The first-order valence-corrected chi connectivity index (χ1v) is 6.75. The third-order valence-corrected chi connectivity index (χ3v) is 3.81. The summed E-state index contributed by atoms with van der Waals surface area (Å²) in [6.07, 6.45) is 0.367. The van der Waals surface area contributed by atoms with E-state index in [-0.39, 0.29) is 18.0 Å². The van der Waals surface area contributed by atoms with E-state index in [0.717, 1.165) is 10.7 Å². The summed E-state index contributed by atoms with van der Waals surface area (Å²) in [6.45, 7) is 7.93. The van der Waals surface area contributed by atoms with Crippen LogP contribution >= 0.6 is 11.3 Å². The zero-order valence-corrected chi connectivity index (χ0v) is 11.7. The third-order valence-electron chi connectivity index (χ3n) is 2.66. The quantitative estimate of drug-likeness (QED) is 0.845. The van der Waals surface area contributed by atoms with Gasteiger partial charge in [0.1, 0.15) is 5.01 Å². The highest BCUT2D eigenvalue weighted by Crippen LogP contribution is 2.17. The summed E-state index contributed by atoms with van der Waals surface area (Å²) in [7, 11) is 0. The van der Waals surface area contributed by atoms with Crippen LogP contribution < -0.4 is 11.1 Å². The molecule has 0 spiro atoms. The Morgan fingerprint density at radius 1 is 1.53 bits per heavy atom. The lowest BCUT2D eigenvalue weighted by molar-refractivity contribution is -0.122. The van der Waals surface area contributed by atoms with E-state index in [4.69, 9.17) is 5.73 Å². The summed E-state index contributed by atoms with van der Waals surface area (Å²) in [6, 6.07) is -0.124. The Morgan fingerprint density at radius 3 is 2.65 bits per heavy atom. The van der Waals surface area contributed by atoms with Crippen LogP contribution in [-0.2, 0) is 4.79 Å². The average Bonchev–Trinajstić information content (AvgIpc) is 2.64. The molecule has 0 bridgehead atoms. The van der Waals surface area contributed by atoms with Crippen LogP contribution in [0.2, 0.25) is 0 Å². The Labute approximate surface area is 107 Å². The monoisotopic (exact) mass is 255 g/mol. The van der Waals surface area contributed by atoms with Crippen molar-refractivity contribution in [3.05, 3.63) is 16.1 Å². The maximum absolute atomic E-state index is 11.7. The zero-order valence-electron chi connectivity index (χ0n) is 10.9. The van der Waals surface area contributed by atoms with Crippen LogP contribution in [0.5, 0.6) is 0 Å². The van der Waals surface area contributed by atoms with Gasteiger partial charge in [-0.1, -0.05) is 13.8 Å². The summed E-state index contributed by atoms with van der Waals surface area (Å²) < 4.78 is 0. The lowest BCUT2D eigenvalue weighted by Crippen LogP contribution is -2.35. The molecule has 0 aliphatic carbocycles. The summed E-state index contributed by atoms with van der Waals surface area (Å²) in [5.74, 6) is 0.310. The van der Waals surface area contributed by atoms with Gasteiger partial charge >= 0.3 is 0 Å². The highest BCUT2D eigenvalue weighted by Gasteiger charge is 2.16. The van der Waals surface area contributed by atoms with Gasteiger partial charge in [0.05, 0.1) is 6.04 Å². The Morgan fingerprint density at radius 2 is 2.18 bits per heavy atom. The minimum atomic E-state index is -0.0831. The predicted octanol–water partition coefficient (Wildman–Crippen LogP) is 2.00. The Hall–Kier alpha value is -0.940. The molecular formula is C12H21N3OS. The van der Waals surface area contributed by atoms with Gasteiger partial charge in [0, 0.05) is 23.5 Å². The third kappa shape index (κ3) is 4.44. The van der Waals surface area contributed by atoms with Crippen LogP contribution in [0, 0.1) is 12.8 Å². The number of amides is 1. The molecule has 0 aromatic carbocycles. The molecular weight excluding hydrogens is 234 g/mol. The van der Waals surface area contributed by atoms with E-state index in [1.165, 1.54) is 0 Å². The molecule has 5 heteroatoms. The Bertz CT molecular complexity index is 376. The Kier molecular flexibility index (Phi) is 5.08. The van der Waals surface area contributed by atoms with Crippen LogP contribution in [0.1, 0.15) is 43.9 Å². The fourth-order valence-electron chi connectivity index (χ4n) is 1.38. The van der Waals surface area contributed by atoms with Crippen molar-refractivity contribution in [3.8, 4) is 0 Å². The number of rotatable bonds is 5. The molecule has 0 aliphatic heterocycles. The molecule has 1 amide bonds. The molecule has 2 atom stereocenters. The van der Waals surface area contributed by atoms with E-state index in [2.05, 4.69) is 10.3 Å². The molecule has 0 saturated carbocycles. The first-order chi connectivity index (χ1) is 7.90. The molecule has 1 aromatic heterocycles. The van der Waals surface area contributed by atoms with Gasteiger partial charge in [-0.05, 0) is 19.8 Å². The SMILES string of the molecule is Cc1csc(C(C)NC(=O)CC(N)C(C)C)n1. The van der Waals surface area contributed by atoms with Crippen LogP contribution in [0.15, 0.2) is 5.38 Å². The number of carbonyl (C=O) groups is 1. The number of nitrogens with two attached hydrogens (primary N) is 1. The number of thiazole rings is 1. The molecule has 2 unspecified atom stereocenters. The largest absolute Gasteiger partial charge is 0.347 e. The molecule has 1 rings (SSSR count). The van der Waals surface area contributed by atoms with Gasteiger partial charge in [0.25, 0.3) is 0 Å². The lowest BCUT2D eigenvalue weighted by Gasteiger charge is -2.17. The van der Waals surface area contributed by atoms with Crippen molar-refractivity contribution in [1.82, 2.24) is 10.3 Å². The summed E-state index contributed by atoms with van der Waals surface area (Å²) >= 11 is 1.57. The lowest BCUT2D eigenvalue weighted by atomic mass is 10.0. The van der Waals surface area contributed by atoms with Crippen molar-refractivity contribution < 1.29 is 4.79 Å². The number of hydrogen-bond donors (Lipinski definition) is 2. The average molecular weight is 255 g/mol. The van der Waals surface area contributed by atoms with Crippen LogP contribution in [0.4, 0.5) is 0 Å². The van der Waals surface area contributed by atoms with E-state index in [0.29, 0.717) is 12.3 Å².